The van der Waals surface area contributed by atoms with Crippen LogP contribution in [0.3, 0.4) is 0 Å². The first-order valence-electron chi connectivity index (χ1n) is 31.7. The Balaban J connectivity index is 0.000000267. The molecule has 1 nitrogen and oxygen atoms in total. The van der Waals surface area contributed by atoms with E-state index in [1.807, 2.05) is 48.7 Å². The molecule has 0 saturated carbocycles. The van der Waals surface area contributed by atoms with Gasteiger partial charge >= 0.3 is 0 Å². The van der Waals surface area contributed by atoms with E-state index < -0.39 is 0 Å². The van der Waals surface area contributed by atoms with Crippen LogP contribution in [0.1, 0.15) is 138 Å². The molecule has 89 heavy (non-hydrogen) atoms. The molecule has 0 amide bonds. The summed E-state index contributed by atoms with van der Waals surface area (Å²) in [6.45, 7) is 43.8. The van der Waals surface area contributed by atoms with E-state index in [4.69, 9.17) is 0 Å². The van der Waals surface area contributed by atoms with Gasteiger partial charge in [-0.15, -0.1) is 0 Å². The summed E-state index contributed by atoms with van der Waals surface area (Å²) in [5, 5.41) is 10.5. The van der Waals surface area contributed by atoms with E-state index in [9.17, 15) is 0 Å². The highest BCUT2D eigenvalue weighted by molar-refractivity contribution is 6.07. The number of nitrogens with zero attached hydrogens (tertiary/aromatic N) is 1. The van der Waals surface area contributed by atoms with Crippen molar-refractivity contribution in [2.45, 2.75) is 138 Å². The average molecular weight is 1180 g/mol. The van der Waals surface area contributed by atoms with Crippen molar-refractivity contribution < 1.29 is 0 Å². The average Bonchev–Trinajstić information content (AvgIpc) is 2.78. The first-order valence-corrected chi connectivity index (χ1v) is 31.7. The molecule has 12 aromatic rings. The molecule has 0 bridgehead atoms. The Morgan fingerprint density at radius 2 is 0.393 bits per heavy atom. The fourth-order valence-corrected chi connectivity index (χ4v) is 7.51. The van der Waals surface area contributed by atoms with Gasteiger partial charge in [-0.25, -0.2) is 0 Å². The molecule has 1 heterocycles. The van der Waals surface area contributed by atoms with E-state index in [0.29, 0.717) is 27.1 Å². The SMILES string of the molecule is CC(C)(C)C.CC(C)(C)C.CC(C)(C)C.CC(C)(C)C.CC(C)(C)C.c1ccc(-c2ccc3ccccc3c2)cc1.c1ccc(-c2ccccc2)cc1.c1ccc(-c2cccnc2)cc1.c1ccc2c(c1)ccc1ccccc12.c1ccc2ccccc2c1. The van der Waals surface area contributed by atoms with Gasteiger partial charge in [-0.3, -0.25) is 4.98 Å². The topological polar surface area (TPSA) is 12.9 Å². The zero-order valence-corrected chi connectivity index (χ0v) is 58.2. The van der Waals surface area contributed by atoms with Gasteiger partial charge in [0.15, 0.2) is 0 Å². The maximum absolute atomic E-state index is 4.06. The molecule has 11 aromatic carbocycles. The fraction of sp³-hybridized carbons (Fsp3) is 0.284. The minimum absolute atomic E-state index is 0.500. The van der Waals surface area contributed by atoms with Crippen LogP contribution in [0, 0.1) is 27.1 Å². The van der Waals surface area contributed by atoms with Crippen molar-refractivity contribution in [2.75, 3.05) is 0 Å². The third kappa shape index (κ3) is 37.8. The number of fused-ring (bicyclic) bond motifs is 5. The molecule has 0 aliphatic heterocycles. The zero-order valence-electron chi connectivity index (χ0n) is 58.2. The van der Waals surface area contributed by atoms with Crippen molar-refractivity contribution in [2.24, 2.45) is 27.1 Å². The number of aromatic nitrogens is 1. The first kappa shape index (κ1) is 74.9. The number of hydrogen-bond donors (Lipinski definition) is 0. The lowest BCUT2D eigenvalue weighted by atomic mass is 10.0. The Labute approximate surface area is 541 Å². The molecule has 1 heteroatoms. The second-order valence-corrected chi connectivity index (χ2v) is 30.1. The van der Waals surface area contributed by atoms with Crippen LogP contribution in [0.15, 0.2) is 298 Å². The van der Waals surface area contributed by atoms with Gasteiger partial charge in [-0.1, -0.05) is 411 Å². The van der Waals surface area contributed by atoms with Crippen LogP contribution >= 0.6 is 0 Å². The van der Waals surface area contributed by atoms with Crippen LogP contribution in [0.5, 0.6) is 0 Å². The third-order valence-corrected chi connectivity index (χ3v) is 10.8. The molecule has 1 aromatic heterocycles. The van der Waals surface area contributed by atoms with Gasteiger partial charge in [0.2, 0.25) is 0 Å². The van der Waals surface area contributed by atoms with Crippen molar-refractivity contribution in [1.29, 1.82) is 0 Å². The monoisotopic (exact) mass is 1180 g/mol. The highest BCUT2D eigenvalue weighted by atomic mass is 14.6. The van der Waals surface area contributed by atoms with Crippen molar-refractivity contribution in [3.8, 4) is 33.4 Å². The molecule has 0 N–H and O–H groups in total. The number of hydrogen-bond acceptors (Lipinski definition) is 1. The zero-order chi connectivity index (χ0) is 65.9. The second-order valence-electron chi connectivity index (χ2n) is 30.1. The second kappa shape index (κ2) is 38.1. The summed E-state index contributed by atoms with van der Waals surface area (Å²) in [5.41, 5.74) is 9.98. The minimum atomic E-state index is 0.500. The van der Waals surface area contributed by atoms with Crippen LogP contribution < -0.4 is 0 Å². The largest absolute Gasteiger partial charge is 0.264 e. The lowest BCUT2D eigenvalue weighted by molar-refractivity contribution is 0.469. The molecule has 0 aliphatic rings. The van der Waals surface area contributed by atoms with Gasteiger partial charge in [0.1, 0.15) is 0 Å². The quantitative estimate of drug-likeness (QED) is 0.161. The molecule has 0 aliphatic carbocycles. The summed E-state index contributed by atoms with van der Waals surface area (Å²) in [4.78, 5) is 4.06. The molecular weight excluding hydrogens is 1070 g/mol. The molecule has 12 rings (SSSR count). The minimum Gasteiger partial charge on any atom is -0.264 e. The first-order chi connectivity index (χ1) is 41.8. The maximum atomic E-state index is 4.06. The lowest BCUT2D eigenvalue weighted by Gasteiger charge is -2.05. The smallest absolute Gasteiger partial charge is 0.0346 e. The maximum Gasteiger partial charge on any atom is 0.0346 e. The number of rotatable bonds is 3. The van der Waals surface area contributed by atoms with Crippen molar-refractivity contribution in [3.63, 3.8) is 0 Å². The molecule has 0 saturated heterocycles. The van der Waals surface area contributed by atoms with Gasteiger partial charge in [-0.05, 0) is 116 Å². The predicted octanol–water partition coefficient (Wildman–Crippen LogP) is 27.7. The van der Waals surface area contributed by atoms with Gasteiger partial charge in [0, 0.05) is 12.4 Å². The Hall–Kier alpha value is -8.39. The molecular formula is C88H109N. The van der Waals surface area contributed by atoms with Gasteiger partial charge < -0.3 is 0 Å². The van der Waals surface area contributed by atoms with E-state index in [1.54, 1.807) is 6.20 Å². The predicted molar refractivity (Wildman–Crippen MR) is 402 cm³/mol. The van der Waals surface area contributed by atoms with Crippen molar-refractivity contribution >= 4 is 43.1 Å². The van der Waals surface area contributed by atoms with Crippen molar-refractivity contribution in [1.82, 2.24) is 4.98 Å². The van der Waals surface area contributed by atoms with E-state index in [2.05, 4.69) is 386 Å². The summed E-state index contributed by atoms with van der Waals surface area (Å²) in [6, 6.07) is 98.6. The summed E-state index contributed by atoms with van der Waals surface area (Å²) in [5.74, 6) is 0. The van der Waals surface area contributed by atoms with Crippen LogP contribution in [0.25, 0.3) is 76.5 Å². The van der Waals surface area contributed by atoms with E-state index in [-0.39, 0.29) is 0 Å². The summed E-state index contributed by atoms with van der Waals surface area (Å²) >= 11 is 0. The molecule has 466 valence electrons. The Morgan fingerprint density at radius 3 is 0.685 bits per heavy atom. The summed E-state index contributed by atoms with van der Waals surface area (Å²) in [6.07, 6.45) is 3.65. The van der Waals surface area contributed by atoms with E-state index in [0.717, 1.165) is 5.56 Å². The van der Waals surface area contributed by atoms with Crippen LogP contribution in [0.4, 0.5) is 0 Å². The van der Waals surface area contributed by atoms with Gasteiger partial charge in [0.25, 0.3) is 0 Å². The Kier molecular flexibility index (Phi) is 32.1. The number of benzene rings is 11. The molecule has 0 unspecified atom stereocenters. The Morgan fingerprint density at radius 1 is 0.180 bits per heavy atom. The van der Waals surface area contributed by atoms with Crippen LogP contribution in [0.2, 0.25) is 0 Å². The van der Waals surface area contributed by atoms with Crippen LogP contribution in [-0.4, -0.2) is 4.98 Å². The fourth-order valence-electron chi connectivity index (χ4n) is 7.51. The normalized spacial score (nSPS) is 10.7. The van der Waals surface area contributed by atoms with Gasteiger partial charge in [-0.2, -0.15) is 0 Å². The highest BCUT2D eigenvalue weighted by Gasteiger charge is 2.02. The van der Waals surface area contributed by atoms with E-state index >= 15 is 0 Å². The Bertz CT molecular complexity index is 3380. The van der Waals surface area contributed by atoms with Gasteiger partial charge in [0.05, 0.1) is 0 Å². The van der Waals surface area contributed by atoms with Crippen LogP contribution in [-0.2, 0) is 0 Å². The molecule has 0 fully saturated rings. The summed E-state index contributed by atoms with van der Waals surface area (Å²) in [7, 11) is 0. The van der Waals surface area contributed by atoms with Crippen molar-refractivity contribution in [3.05, 3.63) is 298 Å². The number of pyridine rings is 1. The van der Waals surface area contributed by atoms with E-state index in [1.165, 1.54) is 70.9 Å². The molecule has 0 spiro atoms. The third-order valence-electron chi connectivity index (χ3n) is 10.8. The molecule has 0 atom stereocenters. The highest BCUT2D eigenvalue weighted by Crippen LogP contribution is 2.26. The summed E-state index contributed by atoms with van der Waals surface area (Å²) < 4.78 is 0. The standard InChI is InChI=1S/C16H12.C14H10.C12H10.C11H9N.C10H8.5C5H12/c1-2-6-13(7-3-1)16-11-10-14-8-4-5-9-15(14)12-16;1-3-7-13-11(5-1)9-10-12-6-2-4-8-14(12)13;1-3-7-11(8-4-1)12-9-5-2-6-10-12;1-2-5-10(6-3-1)11-7-4-8-12-9-11;1-2-6-10-8-4-3-7-9(10)5-1;5*1-5(2,3)4/h1-12H;1-10H;1-10H;1-9H;1-8H;5*1-4H3. The molecule has 0 radical (unpaired) electrons. The lowest BCUT2D eigenvalue weighted by Crippen LogP contribution is -1.93.